The first-order chi connectivity index (χ1) is 10.3. The fourth-order valence-electron chi connectivity index (χ4n) is 2.89. The van der Waals surface area contributed by atoms with Crippen molar-refractivity contribution in [1.82, 2.24) is 20.2 Å². The van der Waals surface area contributed by atoms with Crippen molar-refractivity contribution in [1.29, 1.82) is 0 Å². The Balaban J connectivity index is 0.00000132. The van der Waals surface area contributed by atoms with Gasteiger partial charge in [-0.15, -0.1) is 24.8 Å². The molecular weight excluding hydrogens is 335 g/mol. The Morgan fingerprint density at radius 2 is 2.17 bits per heavy atom. The van der Waals surface area contributed by atoms with E-state index in [1.165, 1.54) is 6.42 Å². The van der Waals surface area contributed by atoms with E-state index in [9.17, 15) is 4.79 Å². The van der Waals surface area contributed by atoms with Gasteiger partial charge in [0.1, 0.15) is 0 Å². The molecule has 1 aliphatic rings. The zero-order valence-corrected chi connectivity index (χ0v) is 14.7. The van der Waals surface area contributed by atoms with E-state index in [2.05, 4.69) is 26.3 Å². The van der Waals surface area contributed by atoms with E-state index in [1.54, 1.807) is 0 Å². The lowest BCUT2D eigenvalue weighted by molar-refractivity contribution is -0.121. The van der Waals surface area contributed by atoms with E-state index in [0.717, 1.165) is 37.1 Å². The molecule has 2 N–H and O–H groups in total. The molecule has 1 atom stereocenters. The van der Waals surface area contributed by atoms with E-state index >= 15 is 0 Å². The predicted octanol–water partition coefficient (Wildman–Crippen LogP) is 2.39. The number of carbonyl (C=O) groups is 1. The summed E-state index contributed by atoms with van der Waals surface area (Å²) in [4.78, 5) is 16.2. The maximum absolute atomic E-state index is 11.8. The minimum Gasteiger partial charge on any atom is -0.354 e. The van der Waals surface area contributed by atoms with Crippen LogP contribution in [-0.4, -0.2) is 35.1 Å². The van der Waals surface area contributed by atoms with E-state index in [4.69, 9.17) is 0 Å². The molecule has 0 spiro atoms. The molecule has 7 heteroatoms. The minimum absolute atomic E-state index is 0. The van der Waals surface area contributed by atoms with Gasteiger partial charge < -0.3 is 15.2 Å². The summed E-state index contributed by atoms with van der Waals surface area (Å²) >= 11 is 0. The molecule has 23 heavy (non-hydrogen) atoms. The highest BCUT2D eigenvalue weighted by Gasteiger charge is 2.15. The third kappa shape index (κ3) is 5.37. The van der Waals surface area contributed by atoms with Crippen LogP contribution in [0.5, 0.6) is 0 Å². The van der Waals surface area contributed by atoms with Crippen molar-refractivity contribution in [2.24, 2.45) is 5.92 Å². The summed E-state index contributed by atoms with van der Waals surface area (Å²) in [7, 11) is 0. The maximum atomic E-state index is 11.8. The Hall–Kier alpha value is -1.30. The summed E-state index contributed by atoms with van der Waals surface area (Å²) in [6.07, 6.45) is 4.67. The monoisotopic (exact) mass is 358 g/mol. The average molecular weight is 359 g/mol. The second-order valence-electron chi connectivity index (χ2n) is 5.67. The average Bonchev–Trinajstić information content (AvgIpc) is 3.15. The zero-order chi connectivity index (χ0) is 14.5. The van der Waals surface area contributed by atoms with Crippen LogP contribution in [0.25, 0.3) is 11.0 Å². The minimum atomic E-state index is 0. The molecule has 0 bridgehead atoms. The molecule has 5 nitrogen and oxygen atoms in total. The van der Waals surface area contributed by atoms with Gasteiger partial charge in [-0.2, -0.15) is 0 Å². The number of hydrogen-bond acceptors (Lipinski definition) is 3. The number of imidazole rings is 1. The van der Waals surface area contributed by atoms with Gasteiger partial charge in [0, 0.05) is 19.5 Å². The fourth-order valence-corrected chi connectivity index (χ4v) is 2.89. The van der Waals surface area contributed by atoms with Gasteiger partial charge >= 0.3 is 0 Å². The number of rotatable bonds is 6. The summed E-state index contributed by atoms with van der Waals surface area (Å²) in [6, 6.07) is 8.05. The SMILES string of the molecule is Cl.Cl.O=C(CCC1CCNC1)NCCn1cnc2ccccc21. The summed E-state index contributed by atoms with van der Waals surface area (Å²) < 4.78 is 2.08. The highest BCUT2D eigenvalue weighted by Crippen LogP contribution is 2.14. The van der Waals surface area contributed by atoms with Crippen LogP contribution in [0.2, 0.25) is 0 Å². The van der Waals surface area contributed by atoms with Gasteiger partial charge in [-0.05, 0) is 44.0 Å². The van der Waals surface area contributed by atoms with E-state index in [0.29, 0.717) is 18.9 Å². The number of amides is 1. The zero-order valence-electron chi connectivity index (χ0n) is 13.0. The van der Waals surface area contributed by atoms with Crippen LogP contribution in [-0.2, 0) is 11.3 Å². The molecule has 128 valence electrons. The van der Waals surface area contributed by atoms with Crippen molar-refractivity contribution in [2.45, 2.75) is 25.8 Å². The molecule has 2 heterocycles. The van der Waals surface area contributed by atoms with Gasteiger partial charge in [-0.25, -0.2) is 4.98 Å². The van der Waals surface area contributed by atoms with Crippen molar-refractivity contribution in [3.63, 3.8) is 0 Å². The van der Waals surface area contributed by atoms with Crippen LogP contribution >= 0.6 is 24.8 Å². The van der Waals surface area contributed by atoms with Crippen LogP contribution in [0.1, 0.15) is 19.3 Å². The quantitative estimate of drug-likeness (QED) is 0.833. The third-order valence-corrected chi connectivity index (χ3v) is 4.14. The molecule has 1 aromatic heterocycles. The molecule has 2 aromatic rings. The normalized spacial score (nSPS) is 16.6. The van der Waals surface area contributed by atoms with Crippen molar-refractivity contribution in [3.05, 3.63) is 30.6 Å². The predicted molar refractivity (Wildman–Crippen MR) is 97.4 cm³/mol. The maximum Gasteiger partial charge on any atom is 0.220 e. The smallest absolute Gasteiger partial charge is 0.220 e. The summed E-state index contributed by atoms with van der Waals surface area (Å²) in [5.41, 5.74) is 2.11. The van der Waals surface area contributed by atoms with Gasteiger partial charge in [0.2, 0.25) is 5.91 Å². The molecule has 1 unspecified atom stereocenters. The molecule has 0 radical (unpaired) electrons. The number of carbonyl (C=O) groups excluding carboxylic acids is 1. The topological polar surface area (TPSA) is 59.0 Å². The number of benzene rings is 1. The number of halogens is 2. The van der Waals surface area contributed by atoms with Crippen LogP contribution in [0.4, 0.5) is 0 Å². The van der Waals surface area contributed by atoms with Crippen molar-refractivity contribution in [2.75, 3.05) is 19.6 Å². The Bertz CT molecular complexity index is 611. The van der Waals surface area contributed by atoms with Crippen molar-refractivity contribution < 1.29 is 4.79 Å². The van der Waals surface area contributed by atoms with E-state index < -0.39 is 0 Å². The highest BCUT2D eigenvalue weighted by atomic mass is 35.5. The van der Waals surface area contributed by atoms with Crippen LogP contribution in [0, 0.1) is 5.92 Å². The third-order valence-electron chi connectivity index (χ3n) is 4.14. The van der Waals surface area contributed by atoms with Crippen molar-refractivity contribution >= 4 is 41.8 Å². The second kappa shape index (κ2) is 9.75. The van der Waals surface area contributed by atoms with Gasteiger partial charge in [0.15, 0.2) is 0 Å². The summed E-state index contributed by atoms with van der Waals surface area (Å²) in [5.74, 6) is 0.833. The van der Waals surface area contributed by atoms with Crippen molar-refractivity contribution in [3.8, 4) is 0 Å². The summed E-state index contributed by atoms with van der Waals surface area (Å²) in [5, 5.41) is 6.33. The molecule has 0 aliphatic carbocycles. The first-order valence-electron chi connectivity index (χ1n) is 7.70. The molecule has 1 amide bonds. The molecule has 1 aromatic carbocycles. The largest absolute Gasteiger partial charge is 0.354 e. The molecule has 1 aliphatic heterocycles. The highest BCUT2D eigenvalue weighted by molar-refractivity contribution is 5.85. The Kier molecular flexibility index (Phi) is 8.37. The van der Waals surface area contributed by atoms with Crippen LogP contribution in [0.3, 0.4) is 0 Å². The number of nitrogens with zero attached hydrogens (tertiary/aromatic N) is 2. The number of nitrogens with one attached hydrogen (secondary N) is 2. The molecular formula is C16H24Cl2N4O. The lowest BCUT2D eigenvalue weighted by atomic mass is 10.0. The second-order valence-corrected chi connectivity index (χ2v) is 5.67. The number of fused-ring (bicyclic) bond motifs is 1. The van der Waals surface area contributed by atoms with E-state index in [1.807, 2.05) is 24.5 Å². The van der Waals surface area contributed by atoms with Gasteiger partial charge in [0.05, 0.1) is 17.4 Å². The van der Waals surface area contributed by atoms with E-state index in [-0.39, 0.29) is 30.7 Å². The van der Waals surface area contributed by atoms with Gasteiger partial charge in [-0.3, -0.25) is 4.79 Å². The molecule has 3 rings (SSSR count). The van der Waals surface area contributed by atoms with Crippen LogP contribution in [0.15, 0.2) is 30.6 Å². The molecule has 1 saturated heterocycles. The Labute approximate surface area is 149 Å². The number of aromatic nitrogens is 2. The molecule has 0 saturated carbocycles. The first-order valence-corrected chi connectivity index (χ1v) is 7.70. The lowest BCUT2D eigenvalue weighted by Gasteiger charge is -2.09. The van der Waals surface area contributed by atoms with Gasteiger partial charge in [0.25, 0.3) is 0 Å². The molecule has 1 fully saturated rings. The fraction of sp³-hybridized carbons (Fsp3) is 0.500. The lowest BCUT2D eigenvalue weighted by Crippen LogP contribution is -2.27. The Morgan fingerprint density at radius 3 is 2.96 bits per heavy atom. The summed E-state index contributed by atoms with van der Waals surface area (Å²) in [6.45, 7) is 3.58. The Morgan fingerprint density at radius 1 is 1.35 bits per heavy atom. The van der Waals surface area contributed by atoms with Crippen LogP contribution < -0.4 is 10.6 Å². The first kappa shape index (κ1) is 19.7. The van der Waals surface area contributed by atoms with Gasteiger partial charge in [-0.1, -0.05) is 12.1 Å². The number of para-hydroxylation sites is 2. The number of hydrogen-bond donors (Lipinski definition) is 2. The standard InChI is InChI=1S/C16H22N4O.2ClH/c21-16(6-5-13-7-8-17-11-13)18-9-10-20-12-19-14-3-1-2-4-15(14)20;;/h1-4,12-13,17H,5-11H2,(H,18,21);2*1H.